The lowest BCUT2D eigenvalue weighted by Gasteiger charge is -2.19. The largest absolute Gasteiger partial charge is 0.489 e. The van der Waals surface area contributed by atoms with Crippen molar-refractivity contribution in [3.8, 4) is 0 Å². The van der Waals surface area contributed by atoms with Crippen molar-refractivity contribution in [2.75, 3.05) is 20.7 Å². The van der Waals surface area contributed by atoms with E-state index in [1.54, 1.807) is 0 Å². The average molecular weight is 336 g/mol. The minimum Gasteiger partial charge on any atom is -0.489 e. The highest BCUT2D eigenvalue weighted by Gasteiger charge is 2.17. The number of aliphatic imine (C=N–C) groups is 1. The number of rotatable bonds is 8. The van der Waals surface area contributed by atoms with Crippen molar-refractivity contribution in [2.45, 2.75) is 20.3 Å². The number of hydrogen-bond acceptors (Lipinski definition) is 3. The highest BCUT2D eigenvalue weighted by atomic mass is 16.5. The fraction of sp³-hybridized carbons (Fsp3) is 0.318. The predicted molar refractivity (Wildman–Crippen MR) is 107 cm³/mol. The molecule has 0 aliphatic heterocycles. The van der Waals surface area contributed by atoms with Crippen molar-refractivity contribution in [1.29, 1.82) is 0 Å². The van der Waals surface area contributed by atoms with Crippen molar-refractivity contribution in [1.82, 2.24) is 5.32 Å². The molecule has 0 aromatic heterocycles. The molecule has 132 valence electrons. The molecule has 2 aromatic rings. The Morgan fingerprint density at radius 1 is 0.960 bits per heavy atom. The first-order valence-electron chi connectivity index (χ1n) is 8.80. The molecule has 3 heteroatoms. The molecule has 1 N–H and O–H groups in total. The van der Waals surface area contributed by atoms with Gasteiger partial charge in [-0.3, -0.25) is 4.99 Å². The summed E-state index contributed by atoms with van der Waals surface area (Å²) >= 11 is 0. The fourth-order valence-corrected chi connectivity index (χ4v) is 2.61. The van der Waals surface area contributed by atoms with Gasteiger partial charge >= 0.3 is 0 Å². The van der Waals surface area contributed by atoms with Gasteiger partial charge in [0.2, 0.25) is 0 Å². The Kier molecular flexibility index (Phi) is 7.27. The first-order chi connectivity index (χ1) is 12.2. The molecule has 0 radical (unpaired) electrons. The number of hydrogen-bond donors (Lipinski definition) is 1. The molecular weight excluding hydrogens is 308 g/mol. The SMILES string of the molecule is CN=C(/C(OCCC(C)C)=C(\NC)c1ccccc1)c1ccccc1. The molecule has 2 rings (SSSR count). The maximum Gasteiger partial charge on any atom is 0.168 e. The van der Waals surface area contributed by atoms with E-state index in [9.17, 15) is 0 Å². The van der Waals surface area contributed by atoms with Crippen LogP contribution in [0.1, 0.15) is 31.4 Å². The van der Waals surface area contributed by atoms with E-state index in [1.165, 1.54) is 0 Å². The van der Waals surface area contributed by atoms with E-state index in [2.05, 4.69) is 48.4 Å². The van der Waals surface area contributed by atoms with Crippen LogP contribution in [-0.2, 0) is 4.74 Å². The summed E-state index contributed by atoms with van der Waals surface area (Å²) in [6.45, 7) is 5.07. The van der Waals surface area contributed by atoms with Gasteiger partial charge in [0.15, 0.2) is 5.76 Å². The molecule has 3 nitrogen and oxygen atoms in total. The van der Waals surface area contributed by atoms with Gasteiger partial charge in [-0.15, -0.1) is 0 Å². The molecule has 25 heavy (non-hydrogen) atoms. The van der Waals surface area contributed by atoms with Gasteiger partial charge in [0.1, 0.15) is 5.71 Å². The quantitative estimate of drug-likeness (QED) is 0.557. The van der Waals surface area contributed by atoms with Gasteiger partial charge in [0.25, 0.3) is 0 Å². The molecule has 0 aliphatic carbocycles. The standard InChI is InChI=1S/C22H28N2O/c1-17(2)15-16-25-22(20(23-3)18-11-7-5-8-12-18)21(24-4)19-13-9-6-10-14-19/h5-14,17,23H,15-16H2,1-4H3/b22-20+,24-21?. The third kappa shape index (κ3) is 5.21. The summed E-state index contributed by atoms with van der Waals surface area (Å²) in [5, 5.41) is 3.31. The van der Waals surface area contributed by atoms with Crippen molar-refractivity contribution < 1.29 is 4.74 Å². The molecule has 0 saturated heterocycles. The van der Waals surface area contributed by atoms with Gasteiger partial charge in [0.05, 0.1) is 12.3 Å². The number of allylic oxidation sites excluding steroid dienone is 1. The summed E-state index contributed by atoms with van der Waals surface area (Å²) < 4.78 is 6.25. The molecule has 0 atom stereocenters. The first-order valence-corrected chi connectivity index (χ1v) is 8.80. The Balaban J connectivity index is 2.49. The van der Waals surface area contributed by atoms with Crippen LogP contribution in [0.5, 0.6) is 0 Å². The molecule has 0 fully saturated rings. The van der Waals surface area contributed by atoms with Crippen LogP contribution >= 0.6 is 0 Å². The molecule has 2 aromatic carbocycles. The minimum absolute atomic E-state index is 0.592. The van der Waals surface area contributed by atoms with E-state index < -0.39 is 0 Å². The van der Waals surface area contributed by atoms with Crippen LogP contribution < -0.4 is 5.32 Å². The Morgan fingerprint density at radius 3 is 2.00 bits per heavy atom. The summed E-state index contributed by atoms with van der Waals surface area (Å²) in [6.07, 6.45) is 1.00. The molecule has 0 unspecified atom stereocenters. The lowest BCUT2D eigenvalue weighted by atomic mass is 10.0. The van der Waals surface area contributed by atoms with Crippen molar-refractivity contribution in [3.05, 3.63) is 77.5 Å². The highest BCUT2D eigenvalue weighted by molar-refractivity contribution is 6.15. The van der Waals surface area contributed by atoms with E-state index in [0.29, 0.717) is 12.5 Å². The van der Waals surface area contributed by atoms with Crippen LogP contribution in [0.4, 0.5) is 0 Å². The topological polar surface area (TPSA) is 33.6 Å². The molecule has 0 saturated carbocycles. The fourth-order valence-electron chi connectivity index (χ4n) is 2.61. The number of benzene rings is 2. The third-order valence-electron chi connectivity index (χ3n) is 3.97. The second kappa shape index (κ2) is 9.67. The lowest BCUT2D eigenvalue weighted by molar-refractivity contribution is 0.213. The van der Waals surface area contributed by atoms with Crippen LogP contribution in [-0.4, -0.2) is 26.4 Å². The Bertz CT molecular complexity index is 703. The molecule has 0 aliphatic rings. The predicted octanol–water partition coefficient (Wildman–Crippen LogP) is 4.76. The molecule has 0 heterocycles. The first kappa shape index (κ1) is 18.8. The zero-order valence-electron chi connectivity index (χ0n) is 15.6. The highest BCUT2D eigenvalue weighted by Crippen LogP contribution is 2.22. The number of nitrogens with one attached hydrogen (secondary N) is 1. The smallest absolute Gasteiger partial charge is 0.168 e. The van der Waals surface area contributed by atoms with Gasteiger partial charge in [-0.1, -0.05) is 74.5 Å². The van der Waals surface area contributed by atoms with Gasteiger partial charge < -0.3 is 10.1 Å². The molecule has 0 spiro atoms. The average Bonchev–Trinajstić information content (AvgIpc) is 2.64. The van der Waals surface area contributed by atoms with Gasteiger partial charge in [-0.05, 0) is 12.3 Å². The third-order valence-corrected chi connectivity index (χ3v) is 3.97. The second-order valence-corrected chi connectivity index (χ2v) is 6.29. The lowest BCUT2D eigenvalue weighted by Crippen LogP contribution is -2.18. The molecular formula is C22H28N2O. The van der Waals surface area contributed by atoms with Crippen molar-refractivity contribution in [2.24, 2.45) is 10.9 Å². The summed E-state index contributed by atoms with van der Waals surface area (Å²) in [7, 11) is 3.73. The van der Waals surface area contributed by atoms with Gasteiger partial charge in [-0.2, -0.15) is 0 Å². The Hall–Kier alpha value is -2.55. The van der Waals surface area contributed by atoms with Crippen molar-refractivity contribution >= 4 is 11.4 Å². The summed E-state index contributed by atoms with van der Waals surface area (Å²) in [4.78, 5) is 4.54. The van der Waals surface area contributed by atoms with Crippen LogP contribution in [0.3, 0.4) is 0 Å². The zero-order valence-corrected chi connectivity index (χ0v) is 15.6. The summed E-state index contributed by atoms with van der Waals surface area (Å²) in [5.74, 6) is 1.39. The maximum atomic E-state index is 6.25. The second-order valence-electron chi connectivity index (χ2n) is 6.29. The van der Waals surface area contributed by atoms with Crippen LogP contribution in [0.2, 0.25) is 0 Å². The van der Waals surface area contributed by atoms with E-state index in [0.717, 1.165) is 34.7 Å². The molecule has 0 amide bonds. The van der Waals surface area contributed by atoms with Gasteiger partial charge in [0, 0.05) is 25.2 Å². The number of nitrogens with zero attached hydrogens (tertiary/aromatic N) is 1. The maximum absolute atomic E-state index is 6.25. The van der Waals surface area contributed by atoms with E-state index in [4.69, 9.17) is 4.74 Å². The van der Waals surface area contributed by atoms with E-state index in [1.807, 2.05) is 50.5 Å². The summed E-state index contributed by atoms with van der Waals surface area (Å²) in [5.41, 5.74) is 3.95. The van der Waals surface area contributed by atoms with E-state index in [-0.39, 0.29) is 0 Å². The molecule has 0 bridgehead atoms. The van der Waals surface area contributed by atoms with Crippen LogP contribution in [0.15, 0.2) is 71.4 Å². The minimum atomic E-state index is 0.592. The zero-order chi connectivity index (χ0) is 18.1. The van der Waals surface area contributed by atoms with Crippen LogP contribution in [0, 0.1) is 5.92 Å². The monoisotopic (exact) mass is 336 g/mol. The van der Waals surface area contributed by atoms with Crippen molar-refractivity contribution in [3.63, 3.8) is 0 Å². The van der Waals surface area contributed by atoms with Gasteiger partial charge in [-0.25, -0.2) is 0 Å². The Morgan fingerprint density at radius 2 is 1.52 bits per heavy atom. The number of ether oxygens (including phenoxy) is 1. The Labute approximate surface area is 151 Å². The van der Waals surface area contributed by atoms with Crippen LogP contribution in [0.25, 0.3) is 5.70 Å². The van der Waals surface area contributed by atoms with E-state index >= 15 is 0 Å². The summed E-state index contributed by atoms with van der Waals surface area (Å²) in [6, 6.07) is 20.4. The normalized spacial score (nSPS) is 12.8.